The molecule has 4 rings (SSSR count). The van der Waals surface area contributed by atoms with Crippen LogP contribution in [0.25, 0.3) is 6.08 Å². The molecule has 0 saturated heterocycles. The molecule has 1 aliphatic rings. The van der Waals surface area contributed by atoms with Crippen LogP contribution in [-0.4, -0.2) is 14.8 Å². The van der Waals surface area contributed by atoms with Crippen molar-refractivity contribution in [2.24, 2.45) is 0 Å². The maximum Gasteiger partial charge on any atom is 4.00 e. The summed E-state index contributed by atoms with van der Waals surface area (Å²) in [5.41, 5.74) is 9.82. The monoisotopic (exact) mass is 477 g/mol. The summed E-state index contributed by atoms with van der Waals surface area (Å²) in [5.74, 6) is 0. The Balaban J connectivity index is 0.000000473. The van der Waals surface area contributed by atoms with E-state index in [-0.39, 0.29) is 57.1 Å². The first-order valence-electron chi connectivity index (χ1n) is 8.22. The van der Waals surface area contributed by atoms with Crippen molar-refractivity contribution in [1.82, 2.24) is 14.8 Å². The SMILES string of the molecule is Cc1c(C)c(C)[c-](C)c1C.[C-]1=Cc2ccccc2C1n1cnnc1.[Cl-].[Cl-].[Zr+4]. The molecule has 0 fully saturated rings. The van der Waals surface area contributed by atoms with Gasteiger partial charge in [-0.1, -0.05) is 52.8 Å². The van der Waals surface area contributed by atoms with E-state index in [4.69, 9.17) is 0 Å². The molecule has 1 aliphatic carbocycles. The molecule has 0 radical (unpaired) electrons. The summed E-state index contributed by atoms with van der Waals surface area (Å²) in [4.78, 5) is 0. The Labute approximate surface area is 193 Å². The predicted molar refractivity (Wildman–Crippen MR) is 98.0 cm³/mol. The number of aromatic nitrogens is 3. The average Bonchev–Trinajstić information content (AvgIpc) is 3.30. The predicted octanol–water partition coefficient (Wildman–Crippen LogP) is -1.35. The molecule has 0 spiro atoms. The average molecular weight is 480 g/mol. The molecule has 27 heavy (non-hydrogen) atoms. The minimum absolute atomic E-state index is 0. The second-order valence-electron chi connectivity index (χ2n) is 6.38. The molecule has 2 aromatic carbocycles. The van der Waals surface area contributed by atoms with Crippen LogP contribution in [0.4, 0.5) is 0 Å². The second kappa shape index (κ2) is 11.0. The molecule has 0 aliphatic heterocycles. The van der Waals surface area contributed by atoms with Crippen LogP contribution in [0.15, 0.2) is 36.9 Å². The standard InChI is InChI=1S/C11H8N3.C10H15.2ClH.Zr/c1-2-4-10-9(3-1)5-6-11(10)14-7-12-13-8-14;1-6-7(2)9(4)10(5)8(6)3;;;/h1-5,7-8,11H;1-5H3;2*1H;/q2*-1;;;+4/p-2. The first-order valence-corrected chi connectivity index (χ1v) is 8.22. The van der Waals surface area contributed by atoms with Crippen molar-refractivity contribution in [3.63, 3.8) is 0 Å². The number of hydrogen-bond donors (Lipinski definition) is 0. The van der Waals surface area contributed by atoms with Gasteiger partial charge in [-0.25, -0.2) is 12.2 Å². The topological polar surface area (TPSA) is 30.7 Å². The van der Waals surface area contributed by atoms with Crippen LogP contribution in [0, 0.1) is 40.7 Å². The van der Waals surface area contributed by atoms with Crippen LogP contribution < -0.4 is 24.8 Å². The summed E-state index contributed by atoms with van der Waals surface area (Å²) in [6.07, 6.45) is 8.73. The smallest absolute Gasteiger partial charge is 1.00 e. The second-order valence-corrected chi connectivity index (χ2v) is 6.38. The van der Waals surface area contributed by atoms with E-state index in [1.54, 1.807) is 12.7 Å². The van der Waals surface area contributed by atoms with Crippen molar-refractivity contribution < 1.29 is 51.0 Å². The Morgan fingerprint density at radius 2 is 1.44 bits per heavy atom. The Kier molecular flexibility index (Phi) is 10.6. The van der Waals surface area contributed by atoms with E-state index in [1.807, 2.05) is 22.8 Å². The molecule has 0 bridgehead atoms. The third kappa shape index (κ3) is 5.25. The summed E-state index contributed by atoms with van der Waals surface area (Å²) in [6, 6.07) is 8.41. The summed E-state index contributed by atoms with van der Waals surface area (Å²) in [5, 5.41) is 7.60. The molecule has 0 N–H and O–H groups in total. The van der Waals surface area contributed by atoms with Crippen molar-refractivity contribution in [2.45, 2.75) is 40.7 Å². The molecule has 1 unspecified atom stereocenters. The zero-order chi connectivity index (χ0) is 17.3. The minimum Gasteiger partial charge on any atom is -1.00 e. The van der Waals surface area contributed by atoms with Gasteiger partial charge in [-0.3, -0.25) is 0 Å². The van der Waals surface area contributed by atoms with Gasteiger partial charge >= 0.3 is 26.2 Å². The van der Waals surface area contributed by atoms with Gasteiger partial charge < -0.3 is 29.4 Å². The van der Waals surface area contributed by atoms with Crippen LogP contribution >= 0.6 is 0 Å². The Hall–Kier alpha value is -1.09. The van der Waals surface area contributed by atoms with E-state index < -0.39 is 0 Å². The van der Waals surface area contributed by atoms with Crippen molar-refractivity contribution in [1.29, 1.82) is 0 Å². The van der Waals surface area contributed by atoms with Crippen LogP contribution in [0.3, 0.4) is 0 Å². The van der Waals surface area contributed by atoms with Gasteiger partial charge in [0.15, 0.2) is 0 Å². The molecule has 140 valence electrons. The van der Waals surface area contributed by atoms with E-state index >= 15 is 0 Å². The molecule has 1 heterocycles. The number of rotatable bonds is 1. The number of benzene rings is 1. The zero-order valence-electron chi connectivity index (χ0n) is 16.2. The molecule has 0 amide bonds. The van der Waals surface area contributed by atoms with E-state index in [0.717, 1.165) is 0 Å². The fourth-order valence-corrected chi connectivity index (χ4v) is 3.14. The van der Waals surface area contributed by atoms with Gasteiger partial charge in [0, 0.05) is 0 Å². The van der Waals surface area contributed by atoms with Gasteiger partial charge in [0.05, 0.1) is 0 Å². The molecular weight excluding hydrogens is 456 g/mol. The van der Waals surface area contributed by atoms with E-state index in [1.165, 1.54) is 38.9 Å². The fraction of sp³-hybridized carbons (Fsp3) is 0.286. The molecule has 3 nitrogen and oxygen atoms in total. The third-order valence-electron chi connectivity index (χ3n) is 5.23. The van der Waals surface area contributed by atoms with Crippen LogP contribution in [-0.2, 0) is 26.2 Å². The molecular formula is C21H23Cl2N3Zr. The Morgan fingerprint density at radius 3 is 1.93 bits per heavy atom. The largest absolute Gasteiger partial charge is 4.00 e. The van der Waals surface area contributed by atoms with E-state index in [9.17, 15) is 0 Å². The minimum atomic E-state index is 0. The van der Waals surface area contributed by atoms with Gasteiger partial charge in [-0.2, -0.15) is 33.4 Å². The molecule has 1 aromatic heterocycles. The van der Waals surface area contributed by atoms with Gasteiger partial charge in [0.25, 0.3) is 0 Å². The van der Waals surface area contributed by atoms with Crippen molar-refractivity contribution in [2.75, 3.05) is 0 Å². The summed E-state index contributed by atoms with van der Waals surface area (Å²) >= 11 is 0. The summed E-state index contributed by atoms with van der Waals surface area (Å²) in [6.45, 7) is 11.0. The normalized spacial score (nSPS) is 13.4. The number of fused-ring (bicyclic) bond motifs is 1. The van der Waals surface area contributed by atoms with Gasteiger partial charge in [-0.15, -0.1) is 21.8 Å². The maximum absolute atomic E-state index is 3.80. The van der Waals surface area contributed by atoms with Gasteiger partial charge in [0.2, 0.25) is 0 Å². The number of hydrogen-bond acceptors (Lipinski definition) is 2. The number of allylic oxidation sites excluding steroid dienone is 1. The number of nitrogens with zero attached hydrogens (tertiary/aromatic N) is 3. The number of halogens is 2. The van der Waals surface area contributed by atoms with Crippen molar-refractivity contribution in [3.05, 3.63) is 81.9 Å². The molecule has 0 saturated carbocycles. The van der Waals surface area contributed by atoms with Crippen LogP contribution in [0.2, 0.25) is 0 Å². The van der Waals surface area contributed by atoms with Crippen LogP contribution in [0.1, 0.15) is 45.0 Å². The zero-order valence-corrected chi connectivity index (χ0v) is 20.2. The Morgan fingerprint density at radius 1 is 0.926 bits per heavy atom. The third-order valence-corrected chi connectivity index (χ3v) is 5.23. The quantitative estimate of drug-likeness (QED) is 0.405. The van der Waals surface area contributed by atoms with E-state index in [2.05, 4.69) is 63.0 Å². The maximum atomic E-state index is 3.80. The molecule has 1 atom stereocenters. The molecule has 6 heteroatoms. The van der Waals surface area contributed by atoms with Crippen molar-refractivity contribution in [3.8, 4) is 0 Å². The van der Waals surface area contributed by atoms with E-state index in [0.29, 0.717) is 0 Å². The van der Waals surface area contributed by atoms with Gasteiger partial charge in [-0.05, 0) is 6.04 Å². The van der Waals surface area contributed by atoms with Crippen molar-refractivity contribution >= 4 is 6.08 Å². The summed E-state index contributed by atoms with van der Waals surface area (Å²) in [7, 11) is 0. The van der Waals surface area contributed by atoms with Crippen LogP contribution in [0.5, 0.6) is 0 Å². The van der Waals surface area contributed by atoms with Gasteiger partial charge in [0.1, 0.15) is 12.7 Å². The fourth-order valence-electron chi connectivity index (χ4n) is 3.14. The first-order chi connectivity index (χ1) is 11.5. The Bertz CT molecular complexity index is 803. The summed E-state index contributed by atoms with van der Waals surface area (Å²) < 4.78 is 1.95. The first kappa shape index (κ1) is 25.9. The molecule has 3 aromatic rings.